The number of hydrogen-bond donors (Lipinski definition) is 3. The van der Waals surface area contributed by atoms with Crippen LogP contribution in [0.3, 0.4) is 0 Å². The molecule has 0 amide bonds. The predicted molar refractivity (Wildman–Crippen MR) is 73.8 cm³/mol. The van der Waals surface area contributed by atoms with Crippen LogP contribution in [0.4, 0.5) is 0 Å². The van der Waals surface area contributed by atoms with E-state index in [-0.39, 0.29) is 35.7 Å². The van der Waals surface area contributed by atoms with Crippen LogP contribution in [-0.2, 0) is 6.42 Å². The summed E-state index contributed by atoms with van der Waals surface area (Å²) >= 11 is 0. The minimum absolute atomic E-state index is 0.0361. The Hall–Kier alpha value is -2.76. The third kappa shape index (κ3) is 3.22. The highest BCUT2D eigenvalue weighted by Crippen LogP contribution is 2.26. The fourth-order valence-electron chi connectivity index (χ4n) is 1.96. The van der Waals surface area contributed by atoms with Crippen molar-refractivity contribution in [2.24, 2.45) is 0 Å². The van der Waals surface area contributed by atoms with Crippen molar-refractivity contribution in [2.75, 3.05) is 0 Å². The molecule has 1 aromatic carbocycles. The molecule has 0 aliphatic heterocycles. The number of carbonyl (C=O) groups excluding carboxylic acids is 1. The van der Waals surface area contributed by atoms with Crippen molar-refractivity contribution >= 4 is 5.78 Å². The number of Topliss-reactive ketones (excluding diaryl/α,β-unsaturated/α-hetero) is 1. The normalized spacial score (nSPS) is 10.5. The fourth-order valence-corrected chi connectivity index (χ4v) is 1.96. The summed E-state index contributed by atoms with van der Waals surface area (Å²) in [7, 11) is 0. The van der Waals surface area contributed by atoms with Crippen molar-refractivity contribution in [1.29, 1.82) is 0 Å². The maximum Gasteiger partial charge on any atom is 0.350 e. The smallest absolute Gasteiger partial charge is 0.350 e. The second-order valence-electron chi connectivity index (χ2n) is 4.65. The van der Waals surface area contributed by atoms with Gasteiger partial charge in [0.15, 0.2) is 17.3 Å². The average Bonchev–Trinajstić information content (AvgIpc) is 2.39. The zero-order valence-electron chi connectivity index (χ0n) is 11.3. The van der Waals surface area contributed by atoms with E-state index in [1.54, 1.807) is 6.07 Å². The number of carbonyl (C=O) groups is 1. The largest absolute Gasteiger partial charge is 0.507 e. The molecule has 0 fully saturated rings. The van der Waals surface area contributed by atoms with Gasteiger partial charge in [0.25, 0.3) is 0 Å². The molecule has 0 aliphatic carbocycles. The molecule has 110 valence electrons. The molecule has 21 heavy (non-hydrogen) atoms. The molecule has 0 aliphatic rings. The third-order valence-corrected chi connectivity index (χ3v) is 3.01. The number of phenols is 2. The molecule has 1 aromatic heterocycles. The summed E-state index contributed by atoms with van der Waals surface area (Å²) in [6.45, 7) is 1.49. The Labute approximate surface area is 119 Å². The second kappa shape index (κ2) is 5.70. The van der Waals surface area contributed by atoms with Crippen molar-refractivity contribution in [3.8, 4) is 17.2 Å². The first kappa shape index (κ1) is 14.6. The lowest BCUT2D eigenvalue weighted by molar-refractivity contribution is 0.0975. The Morgan fingerprint density at radius 3 is 2.43 bits per heavy atom. The molecule has 0 saturated heterocycles. The zero-order chi connectivity index (χ0) is 15.6. The lowest BCUT2D eigenvalue weighted by Gasteiger charge is -2.05. The average molecular weight is 290 g/mol. The van der Waals surface area contributed by atoms with Crippen molar-refractivity contribution < 1.29 is 24.5 Å². The van der Waals surface area contributed by atoms with E-state index in [2.05, 4.69) is 0 Å². The molecule has 3 N–H and O–H groups in total. The maximum atomic E-state index is 12.0. The van der Waals surface area contributed by atoms with Gasteiger partial charge in [-0.05, 0) is 31.0 Å². The topological polar surface area (TPSA) is 108 Å². The summed E-state index contributed by atoms with van der Waals surface area (Å²) in [5.41, 5.74) is -0.621. The summed E-state index contributed by atoms with van der Waals surface area (Å²) in [6, 6.07) is 5.41. The quantitative estimate of drug-likeness (QED) is 0.586. The lowest BCUT2D eigenvalue weighted by Crippen LogP contribution is -2.15. The molecule has 0 spiro atoms. The first-order valence-electron chi connectivity index (χ1n) is 6.26. The van der Waals surface area contributed by atoms with Crippen LogP contribution in [0.5, 0.6) is 17.2 Å². The summed E-state index contributed by atoms with van der Waals surface area (Å²) in [6.07, 6.45) is 0.213. The number of rotatable bonds is 4. The van der Waals surface area contributed by atoms with Gasteiger partial charge in [-0.2, -0.15) is 0 Å². The second-order valence-corrected chi connectivity index (χ2v) is 4.65. The Kier molecular flexibility index (Phi) is 3.98. The van der Waals surface area contributed by atoms with E-state index in [0.717, 1.165) is 0 Å². The number of phenolic OH excluding ortho intramolecular Hbond substituents is 2. The molecule has 2 rings (SSSR count). The van der Waals surface area contributed by atoms with Crippen molar-refractivity contribution in [3.05, 3.63) is 51.6 Å². The van der Waals surface area contributed by atoms with E-state index < -0.39 is 17.2 Å². The number of benzene rings is 1. The maximum absolute atomic E-state index is 12.0. The SMILES string of the molecule is Cc1cc(O)c(C(=O)CCc2ccc(O)c(O)c2)c(=O)o1. The van der Waals surface area contributed by atoms with Crippen LogP contribution in [0, 0.1) is 6.92 Å². The Morgan fingerprint density at radius 1 is 1.10 bits per heavy atom. The minimum Gasteiger partial charge on any atom is -0.507 e. The lowest BCUT2D eigenvalue weighted by atomic mass is 10.0. The standard InChI is InChI=1S/C15H14O6/c1-8-6-13(19)14(15(20)21-8)11(17)5-3-9-2-4-10(16)12(18)7-9/h2,4,6-7,16,18-19H,3,5H2,1H3. The molecule has 6 heteroatoms. The van der Waals surface area contributed by atoms with Crippen LogP contribution in [0.25, 0.3) is 0 Å². The Balaban J connectivity index is 2.15. The van der Waals surface area contributed by atoms with Gasteiger partial charge in [-0.3, -0.25) is 4.79 Å². The molecular weight excluding hydrogens is 276 g/mol. The highest BCUT2D eigenvalue weighted by atomic mass is 16.4. The molecule has 0 unspecified atom stereocenters. The van der Waals surface area contributed by atoms with Crippen molar-refractivity contribution in [3.63, 3.8) is 0 Å². The van der Waals surface area contributed by atoms with Gasteiger partial charge in [-0.1, -0.05) is 6.07 Å². The van der Waals surface area contributed by atoms with Crippen molar-refractivity contribution in [2.45, 2.75) is 19.8 Å². The van der Waals surface area contributed by atoms with Crippen LogP contribution in [-0.4, -0.2) is 21.1 Å². The van der Waals surface area contributed by atoms with E-state index in [1.165, 1.54) is 25.1 Å². The van der Waals surface area contributed by atoms with Crippen LogP contribution in [0.2, 0.25) is 0 Å². The molecule has 0 radical (unpaired) electrons. The molecule has 0 saturated carbocycles. The van der Waals surface area contributed by atoms with Crippen LogP contribution >= 0.6 is 0 Å². The summed E-state index contributed by atoms with van der Waals surface area (Å²) in [5, 5.41) is 28.2. The summed E-state index contributed by atoms with van der Waals surface area (Å²) in [5.74, 6) is -1.26. The van der Waals surface area contributed by atoms with Crippen LogP contribution < -0.4 is 5.63 Å². The number of ketones is 1. The van der Waals surface area contributed by atoms with Gasteiger partial charge in [-0.15, -0.1) is 0 Å². The molecule has 0 bridgehead atoms. The Morgan fingerprint density at radius 2 is 1.81 bits per heavy atom. The van der Waals surface area contributed by atoms with Crippen LogP contribution in [0.15, 0.2) is 33.5 Å². The minimum atomic E-state index is -0.869. The molecule has 0 atom stereocenters. The van der Waals surface area contributed by atoms with E-state index in [1.807, 2.05) is 0 Å². The van der Waals surface area contributed by atoms with Gasteiger partial charge in [0.05, 0.1) is 0 Å². The first-order chi connectivity index (χ1) is 9.88. The first-order valence-corrected chi connectivity index (χ1v) is 6.26. The highest BCUT2D eigenvalue weighted by Gasteiger charge is 2.18. The predicted octanol–water partition coefficient (Wildman–Crippen LogP) is 1.88. The third-order valence-electron chi connectivity index (χ3n) is 3.01. The molecular formula is C15H14O6. The Bertz CT molecular complexity index is 744. The molecule has 1 heterocycles. The monoisotopic (exact) mass is 290 g/mol. The zero-order valence-corrected chi connectivity index (χ0v) is 11.3. The van der Waals surface area contributed by atoms with Gasteiger partial charge in [-0.25, -0.2) is 4.79 Å². The van der Waals surface area contributed by atoms with Gasteiger partial charge < -0.3 is 19.7 Å². The summed E-state index contributed by atoms with van der Waals surface area (Å²) < 4.78 is 4.79. The van der Waals surface area contributed by atoms with Gasteiger partial charge in [0.1, 0.15) is 17.1 Å². The van der Waals surface area contributed by atoms with Gasteiger partial charge >= 0.3 is 5.63 Å². The number of hydrogen-bond acceptors (Lipinski definition) is 6. The number of aryl methyl sites for hydroxylation is 2. The van der Waals surface area contributed by atoms with E-state index in [9.17, 15) is 24.9 Å². The van der Waals surface area contributed by atoms with Crippen LogP contribution in [0.1, 0.15) is 28.1 Å². The van der Waals surface area contributed by atoms with Crippen molar-refractivity contribution in [1.82, 2.24) is 0 Å². The van der Waals surface area contributed by atoms with E-state index >= 15 is 0 Å². The van der Waals surface area contributed by atoms with Gasteiger partial charge in [0, 0.05) is 12.5 Å². The molecule has 2 aromatic rings. The van der Waals surface area contributed by atoms with Gasteiger partial charge in [0.2, 0.25) is 0 Å². The highest BCUT2D eigenvalue weighted by molar-refractivity contribution is 5.98. The van der Waals surface area contributed by atoms with E-state index in [4.69, 9.17) is 4.42 Å². The number of aromatic hydroxyl groups is 3. The molecule has 6 nitrogen and oxygen atoms in total. The fraction of sp³-hybridized carbons (Fsp3) is 0.200. The summed E-state index contributed by atoms with van der Waals surface area (Å²) in [4.78, 5) is 23.6. The van der Waals surface area contributed by atoms with E-state index in [0.29, 0.717) is 5.56 Å².